The summed E-state index contributed by atoms with van der Waals surface area (Å²) < 4.78 is 5.57. The molecule has 2 rings (SSSR count). The van der Waals surface area contributed by atoms with Crippen LogP contribution in [0.4, 0.5) is 0 Å². The molecule has 1 amide bonds. The first-order valence-electron chi connectivity index (χ1n) is 7.48. The monoisotopic (exact) mass is 299 g/mol. The third kappa shape index (κ3) is 3.30. The Hall–Kier alpha value is -0.720. The smallest absolute Gasteiger partial charge is 0.252 e. The first kappa shape index (κ1) is 15.7. The van der Waals surface area contributed by atoms with Gasteiger partial charge in [0.25, 0.3) is 5.91 Å². The van der Waals surface area contributed by atoms with Crippen LogP contribution in [-0.2, 0) is 9.53 Å². The Bertz CT molecular complexity index is 369. The summed E-state index contributed by atoms with van der Waals surface area (Å²) in [5.74, 6) is 0.485. The molecule has 2 saturated heterocycles. The Morgan fingerprint density at radius 1 is 1.40 bits per heavy atom. The molecule has 2 heterocycles. The van der Waals surface area contributed by atoms with Crippen molar-refractivity contribution in [2.75, 3.05) is 32.8 Å². The minimum Gasteiger partial charge on any atom is -0.392 e. The van der Waals surface area contributed by atoms with Crippen molar-refractivity contribution < 1.29 is 9.53 Å². The molecular weight excluding hydrogens is 274 g/mol. The van der Waals surface area contributed by atoms with E-state index < -0.39 is 0 Å². The van der Waals surface area contributed by atoms with Crippen molar-refractivity contribution in [1.82, 2.24) is 9.80 Å². The zero-order valence-electron chi connectivity index (χ0n) is 12.4. The van der Waals surface area contributed by atoms with Gasteiger partial charge in [-0.3, -0.25) is 9.69 Å². The van der Waals surface area contributed by atoms with Gasteiger partial charge in [-0.05, 0) is 18.8 Å². The van der Waals surface area contributed by atoms with E-state index >= 15 is 0 Å². The van der Waals surface area contributed by atoms with Crippen LogP contribution in [0.15, 0.2) is 0 Å². The van der Waals surface area contributed by atoms with Crippen LogP contribution in [0.3, 0.4) is 0 Å². The standard InChI is InChI=1S/C14H25N3O2S/c1-3-11(13(15)20)16-5-7-17(8-6-16)14(18)12-10(2)4-9-19-12/h10-12H,3-9H2,1-2H3,(H2,15,20). The Morgan fingerprint density at radius 2 is 2.05 bits per heavy atom. The van der Waals surface area contributed by atoms with Crippen LogP contribution in [-0.4, -0.2) is 65.6 Å². The lowest BCUT2D eigenvalue weighted by Crippen LogP contribution is -2.56. The maximum atomic E-state index is 12.4. The third-order valence-electron chi connectivity index (χ3n) is 4.41. The van der Waals surface area contributed by atoms with Crippen molar-refractivity contribution in [2.45, 2.75) is 38.8 Å². The van der Waals surface area contributed by atoms with Crippen molar-refractivity contribution in [2.24, 2.45) is 11.7 Å². The molecule has 20 heavy (non-hydrogen) atoms. The van der Waals surface area contributed by atoms with Gasteiger partial charge in [0.05, 0.1) is 11.0 Å². The van der Waals surface area contributed by atoms with E-state index in [-0.39, 0.29) is 18.1 Å². The van der Waals surface area contributed by atoms with E-state index in [0.29, 0.717) is 17.5 Å². The number of carbonyl (C=O) groups excluding carboxylic acids is 1. The van der Waals surface area contributed by atoms with Crippen LogP contribution in [0.2, 0.25) is 0 Å². The number of ether oxygens (including phenoxy) is 1. The molecule has 3 atom stereocenters. The van der Waals surface area contributed by atoms with Crippen LogP contribution in [0, 0.1) is 5.92 Å². The van der Waals surface area contributed by atoms with Gasteiger partial charge in [-0.1, -0.05) is 26.1 Å². The predicted octanol–water partition coefficient (Wildman–Crippen LogP) is 0.620. The Kier molecular flexibility index (Phi) is 5.35. The molecule has 114 valence electrons. The number of thiocarbonyl (C=S) groups is 1. The molecule has 0 spiro atoms. The number of nitrogens with zero attached hydrogens (tertiary/aromatic N) is 2. The fourth-order valence-electron chi connectivity index (χ4n) is 3.08. The molecule has 0 saturated carbocycles. The number of amides is 1. The van der Waals surface area contributed by atoms with Crippen LogP contribution < -0.4 is 5.73 Å². The summed E-state index contributed by atoms with van der Waals surface area (Å²) in [4.78, 5) is 17.2. The van der Waals surface area contributed by atoms with Gasteiger partial charge in [-0.15, -0.1) is 0 Å². The second kappa shape index (κ2) is 6.83. The molecule has 2 aliphatic rings. The van der Waals surface area contributed by atoms with Crippen molar-refractivity contribution in [3.63, 3.8) is 0 Å². The molecule has 5 nitrogen and oxygen atoms in total. The Labute approximate surface area is 126 Å². The lowest BCUT2D eigenvalue weighted by atomic mass is 10.0. The summed E-state index contributed by atoms with van der Waals surface area (Å²) in [5.41, 5.74) is 5.78. The lowest BCUT2D eigenvalue weighted by Gasteiger charge is -2.39. The molecule has 2 N–H and O–H groups in total. The molecule has 0 aromatic heterocycles. The van der Waals surface area contributed by atoms with Gasteiger partial charge in [-0.2, -0.15) is 0 Å². The highest BCUT2D eigenvalue weighted by atomic mass is 32.1. The quantitative estimate of drug-likeness (QED) is 0.771. The van der Waals surface area contributed by atoms with E-state index in [2.05, 4.69) is 18.7 Å². The molecule has 0 aliphatic carbocycles. The lowest BCUT2D eigenvalue weighted by molar-refractivity contribution is -0.144. The normalized spacial score (nSPS) is 29.4. The Morgan fingerprint density at radius 3 is 2.50 bits per heavy atom. The number of carbonyl (C=O) groups is 1. The predicted molar refractivity (Wildman–Crippen MR) is 82.5 cm³/mol. The van der Waals surface area contributed by atoms with Crippen LogP contribution in [0.25, 0.3) is 0 Å². The van der Waals surface area contributed by atoms with Crippen molar-refractivity contribution in [3.8, 4) is 0 Å². The van der Waals surface area contributed by atoms with Gasteiger partial charge in [0.1, 0.15) is 6.10 Å². The first-order valence-corrected chi connectivity index (χ1v) is 7.89. The van der Waals surface area contributed by atoms with Gasteiger partial charge in [-0.25, -0.2) is 0 Å². The fourth-order valence-corrected chi connectivity index (χ4v) is 3.40. The van der Waals surface area contributed by atoms with Gasteiger partial charge < -0.3 is 15.4 Å². The average molecular weight is 299 g/mol. The van der Waals surface area contributed by atoms with Crippen LogP contribution in [0.1, 0.15) is 26.7 Å². The second-order valence-electron chi connectivity index (χ2n) is 5.75. The molecule has 0 aromatic rings. The van der Waals surface area contributed by atoms with Crippen molar-refractivity contribution in [3.05, 3.63) is 0 Å². The molecule has 2 fully saturated rings. The largest absolute Gasteiger partial charge is 0.392 e. The van der Waals surface area contributed by atoms with Gasteiger partial charge in [0, 0.05) is 32.8 Å². The average Bonchev–Trinajstić information content (AvgIpc) is 2.85. The zero-order valence-corrected chi connectivity index (χ0v) is 13.2. The number of hydrogen-bond donors (Lipinski definition) is 1. The molecular formula is C14H25N3O2S. The number of piperazine rings is 1. The summed E-state index contributed by atoms with van der Waals surface area (Å²) in [6, 6.07) is 0.156. The maximum absolute atomic E-state index is 12.4. The van der Waals surface area contributed by atoms with Crippen LogP contribution in [0.5, 0.6) is 0 Å². The summed E-state index contributed by atoms with van der Waals surface area (Å²) in [6.07, 6.45) is 1.67. The van der Waals surface area contributed by atoms with E-state index in [1.165, 1.54) is 0 Å². The van der Waals surface area contributed by atoms with E-state index in [0.717, 1.165) is 39.0 Å². The Balaban J connectivity index is 1.87. The van der Waals surface area contributed by atoms with Gasteiger partial charge >= 0.3 is 0 Å². The summed E-state index contributed by atoms with van der Waals surface area (Å²) in [5, 5.41) is 0. The van der Waals surface area contributed by atoms with E-state index in [1.54, 1.807) is 0 Å². The molecule has 2 aliphatic heterocycles. The highest BCUT2D eigenvalue weighted by Crippen LogP contribution is 2.22. The topological polar surface area (TPSA) is 58.8 Å². The van der Waals surface area contributed by atoms with Crippen LogP contribution >= 0.6 is 12.2 Å². The maximum Gasteiger partial charge on any atom is 0.252 e. The van der Waals surface area contributed by atoms with Crippen molar-refractivity contribution in [1.29, 1.82) is 0 Å². The minimum atomic E-state index is -0.237. The number of nitrogens with two attached hydrogens (primary N) is 1. The highest BCUT2D eigenvalue weighted by molar-refractivity contribution is 7.80. The molecule has 3 unspecified atom stereocenters. The number of rotatable bonds is 4. The number of hydrogen-bond acceptors (Lipinski definition) is 4. The third-order valence-corrected chi connectivity index (χ3v) is 4.68. The van der Waals surface area contributed by atoms with Gasteiger partial charge in [0.2, 0.25) is 0 Å². The summed E-state index contributed by atoms with van der Waals surface area (Å²) in [7, 11) is 0. The second-order valence-corrected chi connectivity index (χ2v) is 6.22. The van der Waals surface area contributed by atoms with Gasteiger partial charge in [0.15, 0.2) is 0 Å². The van der Waals surface area contributed by atoms with Crippen molar-refractivity contribution >= 4 is 23.1 Å². The fraction of sp³-hybridized carbons (Fsp3) is 0.857. The summed E-state index contributed by atoms with van der Waals surface area (Å²) in [6.45, 7) is 8.04. The molecule has 0 radical (unpaired) electrons. The summed E-state index contributed by atoms with van der Waals surface area (Å²) >= 11 is 5.12. The van der Waals surface area contributed by atoms with E-state index in [4.69, 9.17) is 22.7 Å². The van der Waals surface area contributed by atoms with E-state index in [1.807, 2.05) is 4.90 Å². The molecule has 0 aromatic carbocycles. The van der Waals surface area contributed by atoms with E-state index in [9.17, 15) is 4.79 Å². The SMILES string of the molecule is CCC(C(N)=S)N1CCN(C(=O)C2OCCC2C)CC1. The molecule has 6 heteroatoms. The zero-order chi connectivity index (χ0) is 14.7. The first-order chi connectivity index (χ1) is 9.54. The highest BCUT2D eigenvalue weighted by Gasteiger charge is 2.35. The minimum absolute atomic E-state index is 0.151. The molecule has 0 bridgehead atoms.